The topological polar surface area (TPSA) is 25.0 Å². The first-order valence-corrected chi connectivity index (χ1v) is 9.19. The van der Waals surface area contributed by atoms with Crippen LogP contribution in [0.4, 0.5) is 0 Å². The van der Waals surface area contributed by atoms with E-state index in [9.17, 15) is 0 Å². The van der Waals surface area contributed by atoms with Crippen molar-refractivity contribution in [2.45, 2.75) is 25.4 Å². The molecular weight excluding hydrogens is 318 g/mol. The number of hydrogen-bond acceptors (Lipinski definition) is 1. The number of aromatic amines is 1. The number of aryl methyl sites for hydroxylation is 1. The summed E-state index contributed by atoms with van der Waals surface area (Å²) in [6, 6.07) is 27.6. The molecule has 2 heteroatoms. The molecule has 1 aromatic heterocycles. The fourth-order valence-corrected chi connectivity index (χ4v) is 4.31. The zero-order chi connectivity index (χ0) is 17.5. The molecule has 2 unspecified atom stereocenters. The summed E-state index contributed by atoms with van der Waals surface area (Å²) in [4.78, 5) is 3.57. The maximum absolute atomic E-state index is 6.39. The van der Waals surface area contributed by atoms with E-state index in [-0.39, 0.29) is 6.10 Å². The van der Waals surface area contributed by atoms with E-state index in [0.717, 1.165) is 12.2 Å². The monoisotopic (exact) mass is 339 g/mol. The molecule has 1 N–H and O–H groups in total. The van der Waals surface area contributed by atoms with E-state index in [2.05, 4.69) is 90.8 Å². The van der Waals surface area contributed by atoms with E-state index in [1.165, 1.54) is 33.3 Å². The Bertz CT molecular complexity index is 1060. The van der Waals surface area contributed by atoms with Crippen LogP contribution in [0.3, 0.4) is 0 Å². The quantitative estimate of drug-likeness (QED) is 0.467. The number of H-pyrrole nitrogens is 1. The maximum Gasteiger partial charge on any atom is 0.125 e. The minimum absolute atomic E-state index is 0.0733. The summed E-state index contributed by atoms with van der Waals surface area (Å²) in [6.45, 7) is 2.19. The van der Waals surface area contributed by atoms with Gasteiger partial charge in [-0.3, -0.25) is 0 Å². The number of para-hydroxylation sites is 2. The molecule has 0 aliphatic carbocycles. The summed E-state index contributed by atoms with van der Waals surface area (Å²) in [7, 11) is 0. The molecule has 1 aliphatic rings. The lowest BCUT2D eigenvalue weighted by atomic mass is 9.81. The zero-order valence-electron chi connectivity index (χ0n) is 14.8. The predicted molar refractivity (Wildman–Crippen MR) is 106 cm³/mol. The summed E-state index contributed by atoms with van der Waals surface area (Å²) in [5.41, 5.74) is 6.38. The Labute approximate surface area is 153 Å². The highest BCUT2D eigenvalue weighted by molar-refractivity contribution is 5.86. The predicted octanol–water partition coefficient (Wildman–Crippen LogP) is 6.13. The number of aromatic nitrogens is 1. The van der Waals surface area contributed by atoms with Crippen LogP contribution in [0.15, 0.2) is 78.9 Å². The summed E-state index contributed by atoms with van der Waals surface area (Å²) < 4.78 is 6.39. The molecule has 0 saturated carbocycles. The van der Waals surface area contributed by atoms with Crippen molar-refractivity contribution in [2.75, 3.05) is 0 Å². The SMILES string of the molecule is Cc1[nH]c2ccccc2c1C1CC(c2ccccc2)Oc2ccccc21. The number of benzene rings is 3. The summed E-state index contributed by atoms with van der Waals surface area (Å²) in [6.07, 6.45) is 1.02. The van der Waals surface area contributed by atoms with Crippen molar-refractivity contribution in [1.29, 1.82) is 0 Å². The zero-order valence-corrected chi connectivity index (χ0v) is 14.8. The Kier molecular flexibility index (Phi) is 3.56. The van der Waals surface area contributed by atoms with E-state index >= 15 is 0 Å². The molecule has 2 heterocycles. The van der Waals surface area contributed by atoms with E-state index in [4.69, 9.17) is 4.74 Å². The number of nitrogens with one attached hydrogen (secondary N) is 1. The van der Waals surface area contributed by atoms with Gasteiger partial charge in [-0.25, -0.2) is 0 Å². The van der Waals surface area contributed by atoms with Crippen molar-refractivity contribution in [3.8, 4) is 5.75 Å². The first-order chi connectivity index (χ1) is 12.8. The highest BCUT2D eigenvalue weighted by Gasteiger charge is 2.32. The van der Waals surface area contributed by atoms with Gasteiger partial charge < -0.3 is 9.72 Å². The largest absolute Gasteiger partial charge is 0.485 e. The standard InChI is InChI=1S/C24H21NO/c1-16-24(19-12-5-7-13-21(19)25-16)20-15-23(17-9-3-2-4-10-17)26-22-14-8-6-11-18(20)22/h2-14,20,23,25H,15H2,1H3. The van der Waals surface area contributed by atoms with Gasteiger partial charge >= 0.3 is 0 Å². The molecule has 4 aromatic rings. The smallest absolute Gasteiger partial charge is 0.125 e. The van der Waals surface area contributed by atoms with Crippen LogP contribution < -0.4 is 4.74 Å². The molecule has 128 valence electrons. The van der Waals surface area contributed by atoms with Crippen molar-refractivity contribution < 1.29 is 4.74 Å². The molecule has 2 atom stereocenters. The first kappa shape index (κ1) is 15.3. The molecule has 0 spiro atoms. The lowest BCUT2D eigenvalue weighted by molar-refractivity contribution is 0.167. The molecule has 3 aromatic carbocycles. The number of hydrogen-bond donors (Lipinski definition) is 1. The van der Waals surface area contributed by atoms with Crippen molar-refractivity contribution in [3.05, 3.63) is 101 Å². The fourth-order valence-electron chi connectivity index (χ4n) is 4.31. The Hall–Kier alpha value is -3.00. The lowest BCUT2D eigenvalue weighted by Crippen LogP contribution is -2.20. The summed E-state index contributed by atoms with van der Waals surface area (Å²) in [5, 5.41) is 1.32. The molecule has 5 rings (SSSR count). The number of fused-ring (bicyclic) bond motifs is 2. The number of ether oxygens (including phenoxy) is 1. The van der Waals surface area contributed by atoms with Crippen LogP contribution >= 0.6 is 0 Å². The van der Waals surface area contributed by atoms with Crippen LogP contribution in [0.1, 0.15) is 40.8 Å². The van der Waals surface area contributed by atoms with Gasteiger partial charge in [-0.1, -0.05) is 66.7 Å². The molecular formula is C24H21NO. The van der Waals surface area contributed by atoms with Gasteiger partial charge in [0.2, 0.25) is 0 Å². The van der Waals surface area contributed by atoms with Gasteiger partial charge in [0, 0.05) is 28.1 Å². The Balaban J connectivity index is 1.68. The first-order valence-electron chi connectivity index (χ1n) is 9.19. The van der Waals surface area contributed by atoms with Crippen LogP contribution in [-0.4, -0.2) is 4.98 Å². The molecule has 0 fully saturated rings. The van der Waals surface area contributed by atoms with E-state index in [0.29, 0.717) is 5.92 Å². The fraction of sp³-hybridized carbons (Fsp3) is 0.167. The maximum atomic E-state index is 6.39. The average Bonchev–Trinajstić information content (AvgIpc) is 3.03. The molecule has 26 heavy (non-hydrogen) atoms. The van der Waals surface area contributed by atoms with Gasteiger partial charge in [-0.05, 0) is 36.6 Å². The average molecular weight is 339 g/mol. The normalized spacial score (nSPS) is 19.1. The van der Waals surface area contributed by atoms with Crippen molar-refractivity contribution in [2.24, 2.45) is 0 Å². The van der Waals surface area contributed by atoms with Crippen LogP contribution in [0.2, 0.25) is 0 Å². The van der Waals surface area contributed by atoms with Crippen molar-refractivity contribution in [1.82, 2.24) is 4.98 Å². The molecule has 0 amide bonds. The van der Waals surface area contributed by atoms with Crippen molar-refractivity contribution >= 4 is 10.9 Å². The molecule has 0 radical (unpaired) electrons. The highest BCUT2D eigenvalue weighted by Crippen LogP contribution is 2.47. The van der Waals surface area contributed by atoms with E-state index < -0.39 is 0 Å². The minimum atomic E-state index is 0.0733. The van der Waals surface area contributed by atoms with Gasteiger partial charge in [0.05, 0.1) is 0 Å². The molecule has 1 aliphatic heterocycles. The van der Waals surface area contributed by atoms with Crippen LogP contribution in [-0.2, 0) is 0 Å². The highest BCUT2D eigenvalue weighted by atomic mass is 16.5. The van der Waals surface area contributed by atoms with Crippen LogP contribution in [0.25, 0.3) is 10.9 Å². The third-order valence-electron chi connectivity index (χ3n) is 5.48. The minimum Gasteiger partial charge on any atom is -0.485 e. The van der Waals surface area contributed by atoms with Crippen molar-refractivity contribution in [3.63, 3.8) is 0 Å². The second-order valence-electron chi connectivity index (χ2n) is 7.05. The Morgan fingerprint density at radius 2 is 1.58 bits per heavy atom. The summed E-state index contributed by atoms with van der Waals surface area (Å²) in [5.74, 6) is 1.32. The van der Waals surface area contributed by atoms with Crippen LogP contribution in [0, 0.1) is 6.92 Å². The lowest BCUT2D eigenvalue weighted by Gasteiger charge is -2.33. The van der Waals surface area contributed by atoms with E-state index in [1.54, 1.807) is 0 Å². The second-order valence-corrected chi connectivity index (χ2v) is 7.05. The van der Waals surface area contributed by atoms with Gasteiger partial charge in [-0.2, -0.15) is 0 Å². The third kappa shape index (κ3) is 2.41. The number of rotatable bonds is 2. The second kappa shape index (κ2) is 6.06. The third-order valence-corrected chi connectivity index (χ3v) is 5.48. The summed E-state index contributed by atoms with van der Waals surface area (Å²) >= 11 is 0. The van der Waals surface area contributed by atoms with Gasteiger partial charge in [0.25, 0.3) is 0 Å². The molecule has 2 nitrogen and oxygen atoms in total. The van der Waals surface area contributed by atoms with Gasteiger partial charge in [-0.15, -0.1) is 0 Å². The van der Waals surface area contributed by atoms with Gasteiger partial charge in [0.1, 0.15) is 11.9 Å². The molecule has 0 saturated heterocycles. The molecule has 0 bridgehead atoms. The Morgan fingerprint density at radius 1 is 0.846 bits per heavy atom. The van der Waals surface area contributed by atoms with Crippen LogP contribution in [0.5, 0.6) is 5.75 Å². The Morgan fingerprint density at radius 3 is 2.46 bits per heavy atom. The van der Waals surface area contributed by atoms with E-state index in [1.807, 2.05) is 0 Å². The van der Waals surface area contributed by atoms with Gasteiger partial charge in [0.15, 0.2) is 0 Å².